The molecule has 32 heavy (non-hydrogen) atoms. The van der Waals surface area contributed by atoms with Gasteiger partial charge in [-0.25, -0.2) is 0 Å². The summed E-state index contributed by atoms with van der Waals surface area (Å²) in [5.41, 5.74) is 2.13. The van der Waals surface area contributed by atoms with Crippen molar-refractivity contribution in [3.05, 3.63) is 11.6 Å². The van der Waals surface area contributed by atoms with Gasteiger partial charge >= 0.3 is 0 Å². The van der Waals surface area contributed by atoms with E-state index in [9.17, 15) is 5.11 Å². The minimum atomic E-state index is -0.481. The zero-order valence-corrected chi connectivity index (χ0v) is 22.5. The van der Waals surface area contributed by atoms with Gasteiger partial charge in [-0.2, -0.15) is 0 Å². The first-order valence-electron chi connectivity index (χ1n) is 13.8. The Morgan fingerprint density at radius 3 is 2.53 bits per heavy atom. The van der Waals surface area contributed by atoms with Gasteiger partial charge in [0.2, 0.25) is 0 Å². The molecule has 0 heterocycles. The first-order valence-corrected chi connectivity index (χ1v) is 13.8. The fraction of sp³-hybridized carbons (Fsp3) is 0.933. The van der Waals surface area contributed by atoms with Gasteiger partial charge in [-0.1, -0.05) is 60.1 Å². The quantitative estimate of drug-likeness (QED) is 0.438. The number of hydrogen-bond donors (Lipinski definition) is 1. The molecule has 0 aliphatic heterocycles. The minimum absolute atomic E-state index is 0.211. The maximum Gasteiger partial charge on any atom is 0.0682 e. The van der Waals surface area contributed by atoms with Crippen molar-refractivity contribution in [3.8, 4) is 0 Å². The average Bonchev–Trinajstić information content (AvgIpc) is 3.08. The lowest BCUT2D eigenvalue weighted by atomic mass is 9.45. The molecule has 2 nitrogen and oxygen atoms in total. The number of hydrogen-bond acceptors (Lipinski definition) is 2. The van der Waals surface area contributed by atoms with Crippen LogP contribution in [-0.2, 0) is 4.74 Å². The SMILES string of the molecule is CC[C@]1(O)CC[C@@]2(C)C(=CC[C@@H]3[C@@H]2[C@@H](OC)C[C@]2(C)[C@@H]([C@H](C)CCC(C)(C)C)CC[C@@H]32)C1. The average molecular weight is 445 g/mol. The standard InChI is InChI=1S/C30H52O2/c1-9-30(31)17-16-28(6)21(18-30)10-11-22-24-13-12-23(20(2)14-15-27(3,4)5)29(24,7)19-25(32-8)26(22)28/h10,20,22-26,31H,9,11-19H2,1-8H3/t20-,22+,23-,24+,25+,26-,28+,29-,30+/m1/s1. The first kappa shape index (κ1) is 24.8. The Labute approximate surface area is 199 Å². The van der Waals surface area contributed by atoms with Gasteiger partial charge < -0.3 is 9.84 Å². The summed E-state index contributed by atoms with van der Waals surface area (Å²) in [6.45, 7) is 17.0. The number of allylic oxidation sites excluding steroid dienone is 1. The molecule has 4 aliphatic rings. The highest BCUT2D eigenvalue weighted by Crippen LogP contribution is 2.68. The Kier molecular flexibility index (Phi) is 6.50. The molecule has 3 saturated carbocycles. The summed E-state index contributed by atoms with van der Waals surface area (Å²) in [6, 6.07) is 0. The summed E-state index contributed by atoms with van der Waals surface area (Å²) in [4.78, 5) is 0. The molecule has 0 aromatic rings. The molecule has 4 rings (SSSR count). The fourth-order valence-corrected chi connectivity index (χ4v) is 9.17. The highest BCUT2D eigenvalue weighted by atomic mass is 16.5. The minimum Gasteiger partial charge on any atom is -0.390 e. The molecule has 0 aromatic carbocycles. The highest BCUT2D eigenvalue weighted by molar-refractivity contribution is 5.28. The van der Waals surface area contributed by atoms with Crippen molar-refractivity contribution >= 4 is 0 Å². The van der Waals surface area contributed by atoms with Crippen molar-refractivity contribution in [2.45, 2.75) is 124 Å². The van der Waals surface area contributed by atoms with E-state index in [-0.39, 0.29) is 5.41 Å². The number of ether oxygens (including phenoxy) is 1. The van der Waals surface area contributed by atoms with Crippen LogP contribution in [0.1, 0.15) is 113 Å². The lowest BCUT2D eigenvalue weighted by Gasteiger charge is -2.61. The Morgan fingerprint density at radius 1 is 1.19 bits per heavy atom. The molecule has 3 fully saturated rings. The van der Waals surface area contributed by atoms with E-state index >= 15 is 0 Å². The van der Waals surface area contributed by atoms with Gasteiger partial charge in [0.05, 0.1) is 11.7 Å². The lowest BCUT2D eigenvalue weighted by molar-refractivity contribution is -0.147. The Morgan fingerprint density at radius 2 is 1.91 bits per heavy atom. The summed E-state index contributed by atoms with van der Waals surface area (Å²) in [6.07, 6.45) is 14.7. The Balaban J connectivity index is 1.61. The molecule has 0 unspecified atom stereocenters. The third-order valence-corrected chi connectivity index (χ3v) is 11.2. The zero-order chi connectivity index (χ0) is 23.5. The summed E-state index contributed by atoms with van der Waals surface area (Å²) in [5, 5.41) is 11.1. The predicted molar refractivity (Wildman–Crippen MR) is 134 cm³/mol. The lowest BCUT2D eigenvalue weighted by Crippen LogP contribution is -2.58. The first-order chi connectivity index (χ1) is 14.9. The molecule has 4 aliphatic carbocycles. The van der Waals surface area contributed by atoms with E-state index < -0.39 is 5.60 Å². The van der Waals surface area contributed by atoms with E-state index in [4.69, 9.17) is 4.74 Å². The largest absolute Gasteiger partial charge is 0.390 e. The molecule has 1 N–H and O–H groups in total. The molecule has 0 radical (unpaired) electrons. The third-order valence-electron chi connectivity index (χ3n) is 11.2. The van der Waals surface area contributed by atoms with Crippen LogP contribution in [0.2, 0.25) is 0 Å². The molecular formula is C30H52O2. The van der Waals surface area contributed by atoms with E-state index in [1.807, 2.05) is 7.11 Å². The second kappa shape index (κ2) is 8.40. The van der Waals surface area contributed by atoms with Crippen LogP contribution in [0.5, 0.6) is 0 Å². The van der Waals surface area contributed by atoms with Crippen LogP contribution in [-0.4, -0.2) is 23.9 Å². The number of rotatable bonds is 5. The number of aliphatic hydroxyl groups is 1. The summed E-state index contributed by atoms with van der Waals surface area (Å²) in [7, 11) is 1.98. The molecule has 0 amide bonds. The van der Waals surface area contributed by atoms with E-state index in [1.54, 1.807) is 5.57 Å². The fourth-order valence-electron chi connectivity index (χ4n) is 9.17. The molecule has 0 bridgehead atoms. The van der Waals surface area contributed by atoms with Crippen LogP contribution in [0.15, 0.2) is 11.6 Å². The Hall–Kier alpha value is -0.340. The van der Waals surface area contributed by atoms with Crippen LogP contribution in [0.3, 0.4) is 0 Å². The van der Waals surface area contributed by atoms with Gasteiger partial charge in [0.25, 0.3) is 0 Å². The van der Waals surface area contributed by atoms with Crippen molar-refractivity contribution in [1.29, 1.82) is 0 Å². The molecule has 2 heteroatoms. The van der Waals surface area contributed by atoms with Gasteiger partial charge in [0.15, 0.2) is 0 Å². The molecule has 0 spiro atoms. The van der Waals surface area contributed by atoms with E-state index in [0.29, 0.717) is 22.9 Å². The topological polar surface area (TPSA) is 29.5 Å². The molecule has 0 aromatic heterocycles. The maximum absolute atomic E-state index is 11.1. The van der Waals surface area contributed by atoms with Gasteiger partial charge in [0.1, 0.15) is 0 Å². The second-order valence-electron chi connectivity index (χ2n) is 14.2. The molecule has 0 saturated heterocycles. The van der Waals surface area contributed by atoms with Crippen LogP contribution < -0.4 is 0 Å². The normalized spacial score (nSPS) is 47.3. The van der Waals surface area contributed by atoms with Crippen LogP contribution in [0, 0.1) is 45.8 Å². The van der Waals surface area contributed by atoms with Crippen LogP contribution in [0.25, 0.3) is 0 Å². The molecule has 184 valence electrons. The zero-order valence-electron chi connectivity index (χ0n) is 22.5. The highest BCUT2D eigenvalue weighted by Gasteiger charge is 2.63. The predicted octanol–water partition coefficient (Wildman–Crippen LogP) is 7.79. The Bertz CT molecular complexity index is 719. The molecule has 9 atom stereocenters. The number of fused-ring (bicyclic) bond motifs is 5. The van der Waals surface area contributed by atoms with Crippen molar-refractivity contribution in [3.63, 3.8) is 0 Å². The van der Waals surface area contributed by atoms with E-state index in [1.165, 1.54) is 38.5 Å². The van der Waals surface area contributed by atoms with Crippen LogP contribution in [0.4, 0.5) is 0 Å². The van der Waals surface area contributed by atoms with Crippen molar-refractivity contribution < 1.29 is 9.84 Å². The van der Waals surface area contributed by atoms with Crippen molar-refractivity contribution in [2.75, 3.05) is 7.11 Å². The van der Waals surface area contributed by atoms with E-state index in [0.717, 1.165) is 49.4 Å². The number of methoxy groups -OCH3 is 1. The van der Waals surface area contributed by atoms with Gasteiger partial charge in [-0.05, 0) is 110 Å². The maximum atomic E-state index is 11.1. The van der Waals surface area contributed by atoms with Gasteiger partial charge in [-0.15, -0.1) is 0 Å². The van der Waals surface area contributed by atoms with Crippen molar-refractivity contribution in [2.24, 2.45) is 45.8 Å². The smallest absolute Gasteiger partial charge is 0.0682 e. The van der Waals surface area contributed by atoms with Gasteiger partial charge in [0, 0.05) is 7.11 Å². The molecular weight excluding hydrogens is 392 g/mol. The monoisotopic (exact) mass is 444 g/mol. The summed E-state index contributed by atoms with van der Waals surface area (Å²) >= 11 is 0. The summed E-state index contributed by atoms with van der Waals surface area (Å²) < 4.78 is 6.38. The van der Waals surface area contributed by atoms with Crippen LogP contribution >= 0.6 is 0 Å². The van der Waals surface area contributed by atoms with Crippen molar-refractivity contribution in [1.82, 2.24) is 0 Å². The van der Waals surface area contributed by atoms with Gasteiger partial charge in [-0.3, -0.25) is 0 Å². The second-order valence-corrected chi connectivity index (χ2v) is 14.2. The van der Waals surface area contributed by atoms with E-state index in [2.05, 4.69) is 54.5 Å². The third kappa shape index (κ3) is 4.04. The summed E-state index contributed by atoms with van der Waals surface area (Å²) in [5.74, 6) is 3.85.